The first-order valence-corrected chi connectivity index (χ1v) is 12.7. The molecule has 0 bridgehead atoms. The van der Waals surface area contributed by atoms with Gasteiger partial charge in [0.05, 0.1) is 0 Å². The van der Waals surface area contributed by atoms with E-state index in [1.165, 1.54) is 11.1 Å². The Kier molecular flexibility index (Phi) is 6.80. The second-order valence-corrected chi connectivity index (χ2v) is 10.2. The van der Waals surface area contributed by atoms with Gasteiger partial charge in [-0.1, -0.05) is 53.5 Å². The minimum Gasteiger partial charge on any atom is -0.351 e. The molecule has 0 spiro atoms. The predicted molar refractivity (Wildman–Crippen MR) is 130 cm³/mol. The molecule has 0 aromatic heterocycles. The molecule has 1 N–H and O–H groups in total. The lowest BCUT2D eigenvalue weighted by Gasteiger charge is -2.16. The van der Waals surface area contributed by atoms with E-state index in [0.29, 0.717) is 22.9 Å². The third-order valence-corrected chi connectivity index (χ3v) is 7.05. The Balaban J connectivity index is 1.62. The monoisotopic (exact) mass is 471 g/mol. The zero-order valence-electron chi connectivity index (χ0n) is 17.2. The van der Waals surface area contributed by atoms with E-state index in [2.05, 4.69) is 23.5 Å². The minimum absolute atomic E-state index is 0.156. The SMILES string of the molecule is CS(=O)CCNC(=O)c1cccc(-c2ccc3c(c2)C(c2cc(Cl)ccc2Cl)CC3)c1. The number of fused-ring (bicyclic) bond motifs is 1. The standard InChI is InChI=1S/C25H23Cl2NO2S/c1-31(30)12-11-28-25(29)19-4-2-3-17(13-19)18-6-5-16-7-9-21(22(16)14-18)23-15-20(26)8-10-24(23)27/h2-6,8,10,13-15,21H,7,9,11-12H2,1H3,(H,28,29). The zero-order chi connectivity index (χ0) is 22.0. The maximum Gasteiger partial charge on any atom is 0.251 e. The Bertz CT molecular complexity index is 1160. The number of benzene rings is 3. The van der Waals surface area contributed by atoms with Gasteiger partial charge in [-0.2, -0.15) is 0 Å². The van der Waals surface area contributed by atoms with Crippen LogP contribution in [0.15, 0.2) is 60.7 Å². The molecule has 3 aromatic rings. The molecule has 6 heteroatoms. The fourth-order valence-electron chi connectivity index (χ4n) is 4.14. The average molecular weight is 472 g/mol. The topological polar surface area (TPSA) is 46.2 Å². The van der Waals surface area contributed by atoms with Gasteiger partial charge in [-0.3, -0.25) is 9.00 Å². The van der Waals surface area contributed by atoms with Crippen molar-refractivity contribution >= 4 is 39.9 Å². The van der Waals surface area contributed by atoms with Crippen LogP contribution in [0.25, 0.3) is 11.1 Å². The summed E-state index contributed by atoms with van der Waals surface area (Å²) in [5.41, 5.74) is 6.29. The van der Waals surface area contributed by atoms with Crippen LogP contribution in [0.3, 0.4) is 0 Å². The summed E-state index contributed by atoms with van der Waals surface area (Å²) in [6, 6.07) is 19.7. The Labute approximate surface area is 195 Å². The van der Waals surface area contributed by atoms with Crippen LogP contribution in [0.5, 0.6) is 0 Å². The predicted octanol–water partition coefficient (Wildman–Crippen LogP) is 5.85. The molecule has 2 unspecified atom stereocenters. The molecule has 3 nitrogen and oxygen atoms in total. The van der Waals surface area contributed by atoms with Crippen LogP contribution in [0.4, 0.5) is 0 Å². The fourth-order valence-corrected chi connectivity index (χ4v) is 4.96. The highest BCUT2D eigenvalue weighted by molar-refractivity contribution is 7.84. The van der Waals surface area contributed by atoms with Crippen LogP contribution in [0, 0.1) is 0 Å². The van der Waals surface area contributed by atoms with Crippen LogP contribution < -0.4 is 5.32 Å². The molecule has 160 valence electrons. The Morgan fingerprint density at radius 2 is 1.84 bits per heavy atom. The van der Waals surface area contributed by atoms with Gasteiger partial charge in [0.2, 0.25) is 0 Å². The summed E-state index contributed by atoms with van der Waals surface area (Å²) in [7, 11) is -0.928. The van der Waals surface area contributed by atoms with E-state index in [1.807, 2.05) is 36.4 Å². The van der Waals surface area contributed by atoms with E-state index in [9.17, 15) is 9.00 Å². The number of hydrogen-bond acceptors (Lipinski definition) is 2. The first kappa shape index (κ1) is 22.1. The number of carbonyl (C=O) groups is 1. The lowest BCUT2D eigenvalue weighted by Crippen LogP contribution is -2.27. The molecule has 1 amide bonds. The minimum atomic E-state index is -0.928. The van der Waals surface area contributed by atoms with Gasteiger partial charge in [0, 0.05) is 50.9 Å². The number of hydrogen-bond donors (Lipinski definition) is 1. The molecule has 0 saturated heterocycles. The molecule has 0 aliphatic heterocycles. The molecular formula is C25H23Cl2NO2S. The van der Waals surface area contributed by atoms with Crippen molar-refractivity contribution in [1.29, 1.82) is 0 Å². The molecule has 0 saturated carbocycles. The average Bonchev–Trinajstić information content (AvgIpc) is 3.18. The van der Waals surface area contributed by atoms with Crippen LogP contribution >= 0.6 is 23.2 Å². The number of carbonyl (C=O) groups excluding carboxylic acids is 1. The number of aryl methyl sites for hydroxylation is 1. The van der Waals surface area contributed by atoms with Crippen molar-refractivity contribution < 1.29 is 9.00 Å². The van der Waals surface area contributed by atoms with Crippen LogP contribution in [-0.2, 0) is 17.2 Å². The van der Waals surface area contributed by atoms with Crippen molar-refractivity contribution in [1.82, 2.24) is 5.32 Å². The van der Waals surface area contributed by atoms with Crippen molar-refractivity contribution in [2.45, 2.75) is 18.8 Å². The van der Waals surface area contributed by atoms with E-state index in [-0.39, 0.29) is 11.8 Å². The van der Waals surface area contributed by atoms with E-state index < -0.39 is 10.8 Å². The van der Waals surface area contributed by atoms with Gasteiger partial charge in [-0.05, 0) is 71.0 Å². The number of nitrogens with one attached hydrogen (secondary N) is 1. The number of halogens is 2. The van der Waals surface area contributed by atoms with Crippen molar-refractivity contribution in [2.75, 3.05) is 18.6 Å². The van der Waals surface area contributed by atoms with Crippen LogP contribution in [-0.4, -0.2) is 28.7 Å². The maximum atomic E-state index is 12.5. The van der Waals surface area contributed by atoms with Crippen LogP contribution in [0.2, 0.25) is 10.0 Å². The molecule has 3 aromatic carbocycles. The molecule has 4 rings (SSSR count). The quantitative estimate of drug-likeness (QED) is 0.490. The summed E-state index contributed by atoms with van der Waals surface area (Å²) in [6.07, 6.45) is 3.63. The van der Waals surface area contributed by atoms with Gasteiger partial charge in [0.25, 0.3) is 5.91 Å². The van der Waals surface area contributed by atoms with E-state index >= 15 is 0 Å². The zero-order valence-corrected chi connectivity index (χ0v) is 19.5. The lowest BCUT2D eigenvalue weighted by atomic mass is 9.90. The number of amides is 1. The number of rotatable bonds is 6. The molecule has 0 fully saturated rings. The molecule has 1 aliphatic carbocycles. The summed E-state index contributed by atoms with van der Waals surface area (Å²) in [5, 5.41) is 4.26. The third-order valence-electron chi connectivity index (χ3n) is 5.69. The summed E-state index contributed by atoms with van der Waals surface area (Å²) < 4.78 is 11.2. The van der Waals surface area contributed by atoms with E-state index in [0.717, 1.165) is 34.6 Å². The summed E-state index contributed by atoms with van der Waals surface area (Å²) >= 11 is 12.7. The van der Waals surface area contributed by atoms with E-state index in [1.54, 1.807) is 12.3 Å². The lowest BCUT2D eigenvalue weighted by molar-refractivity contribution is 0.0956. The second kappa shape index (κ2) is 9.56. The molecule has 2 atom stereocenters. The van der Waals surface area contributed by atoms with Gasteiger partial charge < -0.3 is 5.32 Å². The fraction of sp³-hybridized carbons (Fsp3) is 0.240. The Hall–Kier alpha value is -2.14. The van der Waals surface area contributed by atoms with Gasteiger partial charge in [0.1, 0.15) is 0 Å². The van der Waals surface area contributed by atoms with Crippen molar-refractivity contribution in [2.24, 2.45) is 0 Å². The first-order valence-electron chi connectivity index (χ1n) is 10.2. The third kappa shape index (κ3) is 5.03. The molecule has 0 heterocycles. The normalized spacial score (nSPS) is 16.0. The van der Waals surface area contributed by atoms with Crippen LogP contribution in [0.1, 0.15) is 39.4 Å². The van der Waals surface area contributed by atoms with Gasteiger partial charge >= 0.3 is 0 Å². The van der Waals surface area contributed by atoms with Gasteiger partial charge in [-0.25, -0.2) is 0 Å². The highest BCUT2D eigenvalue weighted by Crippen LogP contribution is 2.43. The first-order chi connectivity index (χ1) is 14.9. The molecular weight excluding hydrogens is 449 g/mol. The Morgan fingerprint density at radius 1 is 1.03 bits per heavy atom. The summed E-state index contributed by atoms with van der Waals surface area (Å²) in [4.78, 5) is 12.5. The maximum absolute atomic E-state index is 12.5. The smallest absolute Gasteiger partial charge is 0.251 e. The summed E-state index contributed by atoms with van der Waals surface area (Å²) in [5.74, 6) is 0.503. The molecule has 0 radical (unpaired) electrons. The highest BCUT2D eigenvalue weighted by atomic mass is 35.5. The molecule has 1 aliphatic rings. The Morgan fingerprint density at radius 3 is 2.65 bits per heavy atom. The largest absolute Gasteiger partial charge is 0.351 e. The van der Waals surface area contributed by atoms with Crippen molar-refractivity contribution in [3.63, 3.8) is 0 Å². The van der Waals surface area contributed by atoms with Gasteiger partial charge in [0.15, 0.2) is 0 Å². The van der Waals surface area contributed by atoms with Gasteiger partial charge in [-0.15, -0.1) is 0 Å². The second-order valence-electron chi connectivity index (χ2n) is 7.78. The van der Waals surface area contributed by atoms with Crippen molar-refractivity contribution in [3.05, 3.63) is 93.0 Å². The van der Waals surface area contributed by atoms with E-state index in [4.69, 9.17) is 23.2 Å². The molecule has 31 heavy (non-hydrogen) atoms. The highest BCUT2D eigenvalue weighted by Gasteiger charge is 2.26. The van der Waals surface area contributed by atoms with Crippen molar-refractivity contribution in [3.8, 4) is 11.1 Å². The summed E-state index contributed by atoms with van der Waals surface area (Å²) in [6.45, 7) is 0.396.